The second-order valence-corrected chi connectivity index (χ2v) is 9.38. The maximum absolute atomic E-state index is 12.8. The molecule has 2 N–H and O–H groups in total. The molecule has 0 saturated carbocycles. The zero-order valence-electron chi connectivity index (χ0n) is 16.9. The Hall–Kier alpha value is -3.04. The van der Waals surface area contributed by atoms with Gasteiger partial charge in [-0.05, 0) is 18.2 Å². The fourth-order valence-electron chi connectivity index (χ4n) is 3.78. The Kier molecular flexibility index (Phi) is 5.52. The Labute approximate surface area is 187 Å². The van der Waals surface area contributed by atoms with E-state index in [9.17, 15) is 4.79 Å². The lowest BCUT2D eigenvalue weighted by Gasteiger charge is -2.27. The van der Waals surface area contributed by atoms with Crippen molar-refractivity contribution < 1.29 is 9.53 Å². The van der Waals surface area contributed by atoms with E-state index in [-0.39, 0.29) is 5.91 Å². The van der Waals surface area contributed by atoms with Gasteiger partial charge in [-0.1, -0.05) is 53.4 Å². The van der Waals surface area contributed by atoms with Gasteiger partial charge in [0.25, 0.3) is 0 Å². The largest absolute Gasteiger partial charge is 0.495 e. The van der Waals surface area contributed by atoms with Gasteiger partial charge in [0.1, 0.15) is 5.75 Å². The Morgan fingerprint density at radius 1 is 1.23 bits per heavy atom. The molecule has 0 radical (unpaired) electrons. The van der Waals surface area contributed by atoms with Gasteiger partial charge >= 0.3 is 0 Å². The second-order valence-electron chi connectivity index (χ2n) is 7.18. The molecule has 0 bridgehead atoms. The topological polar surface area (TPSA) is 83.1 Å². The summed E-state index contributed by atoms with van der Waals surface area (Å²) in [7, 11) is 1.63. The summed E-state index contributed by atoms with van der Waals surface area (Å²) in [5.41, 5.74) is 4.45. The van der Waals surface area contributed by atoms with Crippen LogP contribution in [-0.2, 0) is 17.8 Å². The number of hydrogen-bond donors (Lipinski definition) is 2. The van der Waals surface area contributed by atoms with Crippen molar-refractivity contribution in [1.29, 1.82) is 0 Å². The molecule has 31 heavy (non-hydrogen) atoms. The molecule has 0 spiro atoms. The quantitative estimate of drug-likeness (QED) is 0.422. The van der Waals surface area contributed by atoms with E-state index >= 15 is 0 Å². The summed E-state index contributed by atoms with van der Waals surface area (Å²) in [6, 6.07) is 15.9. The first-order valence-corrected chi connectivity index (χ1v) is 11.7. The normalized spacial score (nSPS) is 13.3. The fourth-order valence-corrected chi connectivity index (χ4v) is 5.44. The summed E-state index contributed by atoms with van der Waals surface area (Å²) in [5, 5.41) is 13.5. The minimum absolute atomic E-state index is 0.121. The SMILES string of the molecule is COc1ccccc1Nc1nnc(SCC(=O)N2CCc3[nH]c4ccccc4c3C2)s1. The first-order valence-electron chi connectivity index (χ1n) is 9.94. The molecule has 0 saturated heterocycles. The van der Waals surface area contributed by atoms with Gasteiger partial charge < -0.3 is 19.9 Å². The highest BCUT2D eigenvalue weighted by Gasteiger charge is 2.24. The van der Waals surface area contributed by atoms with E-state index in [1.807, 2.05) is 41.3 Å². The van der Waals surface area contributed by atoms with Crippen LogP contribution in [0.4, 0.5) is 10.8 Å². The highest BCUT2D eigenvalue weighted by Crippen LogP contribution is 2.32. The zero-order valence-corrected chi connectivity index (χ0v) is 18.6. The number of ether oxygens (including phenoxy) is 1. The van der Waals surface area contributed by atoms with Gasteiger partial charge in [0.2, 0.25) is 11.0 Å². The number of para-hydroxylation sites is 3. The molecule has 0 atom stereocenters. The fraction of sp³-hybridized carbons (Fsp3) is 0.227. The first-order chi connectivity index (χ1) is 15.2. The molecule has 2 aromatic carbocycles. The molecule has 1 amide bonds. The molecule has 0 unspecified atom stereocenters. The van der Waals surface area contributed by atoms with Crippen LogP contribution in [0.2, 0.25) is 0 Å². The molecule has 0 aliphatic carbocycles. The average molecular weight is 452 g/mol. The van der Waals surface area contributed by atoms with Crippen molar-refractivity contribution in [3.05, 3.63) is 59.8 Å². The minimum atomic E-state index is 0.121. The van der Waals surface area contributed by atoms with Crippen LogP contribution in [0.25, 0.3) is 10.9 Å². The van der Waals surface area contributed by atoms with Gasteiger partial charge in [-0.15, -0.1) is 10.2 Å². The maximum Gasteiger partial charge on any atom is 0.233 e. The smallest absolute Gasteiger partial charge is 0.233 e. The van der Waals surface area contributed by atoms with Crippen molar-refractivity contribution in [1.82, 2.24) is 20.1 Å². The van der Waals surface area contributed by atoms with E-state index in [4.69, 9.17) is 4.74 Å². The monoisotopic (exact) mass is 451 g/mol. The zero-order chi connectivity index (χ0) is 21.2. The third-order valence-corrected chi connectivity index (χ3v) is 7.27. The van der Waals surface area contributed by atoms with Crippen LogP contribution in [0, 0.1) is 0 Å². The van der Waals surface area contributed by atoms with Gasteiger partial charge in [-0.2, -0.15) is 0 Å². The van der Waals surface area contributed by atoms with Crippen LogP contribution in [-0.4, -0.2) is 45.4 Å². The van der Waals surface area contributed by atoms with Crippen molar-refractivity contribution in [3.8, 4) is 5.75 Å². The third-order valence-electron chi connectivity index (χ3n) is 5.31. The minimum Gasteiger partial charge on any atom is -0.495 e. The number of amides is 1. The summed E-state index contributed by atoms with van der Waals surface area (Å²) in [5.74, 6) is 1.21. The summed E-state index contributed by atoms with van der Waals surface area (Å²) < 4.78 is 6.11. The van der Waals surface area contributed by atoms with Gasteiger partial charge in [0.15, 0.2) is 4.34 Å². The van der Waals surface area contributed by atoms with Crippen molar-refractivity contribution in [2.24, 2.45) is 0 Å². The number of hydrogen-bond acceptors (Lipinski definition) is 7. The number of H-pyrrole nitrogens is 1. The molecular weight excluding hydrogens is 430 g/mol. The van der Waals surface area contributed by atoms with Crippen molar-refractivity contribution in [2.75, 3.05) is 24.7 Å². The number of nitrogens with one attached hydrogen (secondary N) is 2. The summed E-state index contributed by atoms with van der Waals surface area (Å²) in [4.78, 5) is 18.3. The first kappa shape index (κ1) is 19.9. The molecule has 1 aliphatic rings. The van der Waals surface area contributed by atoms with Gasteiger partial charge in [-0.3, -0.25) is 4.79 Å². The predicted molar refractivity (Wildman–Crippen MR) is 124 cm³/mol. The van der Waals surface area contributed by atoms with Crippen LogP contribution in [0.5, 0.6) is 5.75 Å². The van der Waals surface area contributed by atoms with Gasteiger partial charge in [0, 0.05) is 41.7 Å². The van der Waals surface area contributed by atoms with Crippen LogP contribution < -0.4 is 10.1 Å². The maximum atomic E-state index is 12.8. The summed E-state index contributed by atoms with van der Waals surface area (Å²) in [6.45, 7) is 1.38. The Balaban J connectivity index is 1.21. The molecule has 7 nitrogen and oxygen atoms in total. The Morgan fingerprint density at radius 3 is 2.97 bits per heavy atom. The number of carbonyl (C=O) groups excluding carboxylic acids is 1. The van der Waals surface area contributed by atoms with Gasteiger partial charge in [-0.25, -0.2) is 0 Å². The lowest BCUT2D eigenvalue weighted by molar-refractivity contribution is -0.129. The van der Waals surface area contributed by atoms with Crippen LogP contribution >= 0.6 is 23.1 Å². The summed E-state index contributed by atoms with van der Waals surface area (Å²) >= 11 is 2.85. The molecule has 158 valence electrons. The van der Waals surface area contributed by atoms with Crippen molar-refractivity contribution in [2.45, 2.75) is 17.3 Å². The number of nitrogens with zero attached hydrogens (tertiary/aromatic N) is 3. The van der Waals surface area contributed by atoms with E-state index in [0.717, 1.165) is 34.3 Å². The second kappa shape index (κ2) is 8.60. The highest BCUT2D eigenvalue weighted by molar-refractivity contribution is 8.01. The van der Waals surface area contributed by atoms with Crippen molar-refractivity contribution >= 4 is 50.7 Å². The van der Waals surface area contributed by atoms with Crippen molar-refractivity contribution in [3.63, 3.8) is 0 Å². The van der Waals surface area contributed by atoms with E-state index in [1.165, 1.54) is 39.7 Å². The lowest BCUT2D eigenvalue weighted by Crippen LogP contribution is -2.36. The molecule has 9 heteroatoms. The number of carbonyl (C=O) groups is 1. The number of thioether (sulfide) groups is 1. The number of methoxy groups -OCH3 is 1. The average Bonchev–Trinajstić information content (AvgIpc) is 3.41. The number of rotatable bonds is 6. The van der Waals surface area contributed by atoms with Crippen LogP contribution in [0.3, 0.4) is 0 Å². The number of fused-ring (bicyclic) bond motifs is 3. The molecular formula is C22H21N5O2S2. The van der Waals surface area contributed by atoms with Crippen LogP contribution in [0.15, 0.2) is 52.9 Å². The predicted octanol–water partition coefficient (Wildman–Crippen LogP) is 4.45. The van der Waals surface area contributed by atoms with E-state index in [1.54, 1.807) is 7.11 Å². The number of aromatic amines is 1. The number of anilines is 2. The molecule has 3 heterocycles. The van der Waals surface area contributed by atoms with E-state index < -0.39 is 0 Å². The van der Waals surface area contributed by atoms with E-state index in [2.05, 4.69) is 32.6 Å². The molecule has 4 aromatic rings. The molecule has 1 aliphatic heterocycles. The standard InChI is InChI=1S/C22H21N5O2S2/c1-29-19-9-5-4-8-18(19)24-21-25-26-22(31-21)30-13-20(28)27-11-10-17-15(12-27)14-6-2-3-7-16(14)23-17/h2-9,23H,10-13H2,1H3,(H,24,25). The molecule has 0 fully saturated rings. The molecule has 5 rings (SSSR count). The van der Waals surface area contributed by atoms with E-state index in [0.29, 0.717) is 17.4 Å². The summed E-state index contributed by atoms with van der Waals surface area (Å²) in [6.07, 6.45) is 0.853. The third kappa shape index (κ3) is 4.11. The highest BCUT2D eigenvalue weighted by atomic mass is 32.2. The van der Waals surface area contributed by atoms with Gasteiger partial charge in [0.05, 0.1) is 18.6 Å². The molecule has 2 aromatic heterocycles. The number of aromatic nitrogens is 3. The van der Waals surface area contributed by atoms with Crippen LogP contribution in [0.1, 0.15) is 11.3 Å². The Morgan fingerprint density at radius 2 is 2.06 bits per heavy atom. The number of benzene rings is 2. The Bertz CT molecular complexity index is 1240. The lowest BCUT2D eigenvalue weighted by atomic mass is 10.0.